The maximum Gasteiger partial charge on any atom is 0.260 e. The van der Waals surface area contributed by atoms with Crippen molar-refractivity contribution in [1.82, 2.24) is 15.0 Å². The zero-order valence-electron chi connectivity index (χ0n) is 17.8. The molecule has 7 heteroatoms. The van der Waals surface area contributed by atoms with E-state index in [1.165, 1.54) is 12.8 Å². The molecule has 7 nitrogen and oxygen atoms in total. The van der Waals surface area contributed by atoms with Gasteiger partial charge >= 0.3 is 0 Å². The van der Waals surface area contributed by atoms with E-state index >= 15 is 0 Å². The molecule has 2 heterocycles. The second-order valence-corrected chi connectivity index (χ2v) is 7.46. The van der Waals surface area contributed by atoms with Crippen LogP contribution in [0.5, 0.6) is 11.5 Å². The Morgan fingerprint density at radius 2 is 1.74 bits per heavy atom. The number of carbonyl (C=O) groups is 1. The number of ether oxygens (including phenoxy) is 2. The lowest BCUT2D eigenvalue weighted by Crippen LogP contribution is -2.35. The number of para-hydroxylation sites is 1. The summed E-state index contributed by atoms with van der Waals surface area (Å²) in [5, 5.41) is 4.12. The monoisotopic (exact) mass is 421 g/mol. The van der Waals surface area contributed by atoms with E-state index in [-0.39, 0.29) is 12.5 Å². The van der Waals surface area contributed by atoms with Crippen LogP contribution in [0.2, 0.25) is 0 Å². The Morgan fingerprint density at radius 1 is 1.00 bits per heavy atom. The molecule has 0 unspecified atom stereocenters. The Labute approximate surface area is 182 Å². The third-order valence-electron chi connectivity index (χ3n) is 5.28. The molecule has 0 spiro atoms. The summed E-state index contributed by atoms with van der Waals surface area (Å²) in [5.41, 5.74) is 1.49. The summed E-state index contributed by atoms with van der Waals surface area (Å²) in [5.74, 6) is 2.19. The summed E-state index contributed by atoms with van der Waals surface area (Å²) in [4.78, 5) is 19.0. The number of hydrogen-bond acceptors (Lipinski definition) is 6. The van der Waals surface area contributed by atoms with Gasteiger partial charge in [0.05, 0.1) is 12.2 Å². The van der Waals surface area contributed by atoms with Gasteiger partial charge in [0, 0.05) is 18.7 Å². The van der Waals surface area contributed by atoms with Crippen molar-refractivity contribution in [2.45, 2.75) is 32.6 Å². The van der Waals surface area contributed by atoms with Crippen molar-refractivity contribution >= 4 is 5.91 Å². The predicted molar refractivity (Wildman–Crippen MR) is 117 cm³/mol. The first-order valence-corrected chi connectivity index (χ1v) is 10.8. The summed E-state index contributed by atoms with van der Waals surface area (Å²) in [7, 11) is 0. The van der Waals surface area contributed by atoms with Gasteiger partial charge in [0.25, 0.3) is 11.8 Å². The first-order chi connectivity index (χ1) is 15.2. The Morgan fingerprint density at radius 3 is 2.48 bits per heavy atom. The van der Waals surface area contributed by atoms with Crippen molar-refractivity contribution in [3.63, 3.8) is 0 Å². The second-order valence-electron chi connectivity index (χ2n) is 7.46. The average Bonchev–Trinajstić information content (AvgIpc) is 3.13. The second kappa shape index (κ2) is 10.1. The molecule has 1 aliphatic heterocycles. The van der Waals surface area contributed by atoms with Crippen LogP contribution in [-0.4, -0.2) is 47.3 Å². The zero-order valence-corrected chi connectivity index (χ0v) is 17.8. The third kappa shape index (κ3) is 5.23. The topological polar surface area (TPSA) is 77.7 Å². The molecular weight excluding hydrogens is 394 g/mol. The van der Waals surface area contributed by atoms with E-state index in [9.17, 15) is 4.79 Å². The molecule has 0 saturated carbocycles. The van der Waals surface area contributed by atoms with Crippen LogP contribution in [0.4, 0.5) is 0 Å². The Balaban J connectivity index is 1.46. The molecule has 1 saturated heterocycles. The molecule has 4 rings (SSSR count). The number of amides is 1. The van der Waals surface area contributed by atoms with Crippen LogP contribution in [-0.2, 0) is 4.79 Å². The predicted octanol–water partition coefficient (Wildman–Crippen LogP) is 4.58. The van der Waals surface area contributed by atoms with E-state index < -0.39 is 0 Å². The van der Waals surface area contributed by atoms with Crippen molar-refractivity contribution < 1.29 is 18.8 Å². The quantitative estimate of drug-likeness (QED) is 0.556. The molecule has 0 bridgehead atoms. The maximum atomic E-state index is 12.6. The van der Waals surface area contributed by atoms with Crippen LogP contribution in [0.3, 0.4) is 0 Å². The van der Waals surface area contributed by atoms with Gasteiger partial charge in [0.2, 0.25) is 5.82 Å². The molecule has 1 amide bonds. The summed E-state index contributed by atoms with van der Waals surface area (Å²) < 4.78 is 16.8. The molecule has 1 fully saturated rings. The Kier molecular flexibility index (Phi) is 6.82. The molecule has 2 aromatic carbocycles. The molecule has 31 heavy (non-hydrogen) atoms. The minimum absolute atomic E-state index is 0.000608. The van der Waals surface area contributed by atoms with Crippen molar-refractivity contribution in [1.29, 1.82) is 0 Å². The van der Waals surface area contributed by atoms with Gasteiger partial charge in [-0.15, -0.1) is 0 Å². The van der Waals surface area contributed by atoms with Crippen LogP contribution in [0.25, 0.3) is 22.8 Å². The van der Waals surface area contributed by atoms with Gasteiger partial charge in [-0.3, -0.25) is 4.79 Å². The number of nitrogens with zero attached hydrogens (tertiary/aromatic N) is 3. The first kappa shape index (κ1) is 20.9. The van der Waals surface area contributed by atoms with Crippen molar-refractivity contribution in [3.05, 3.63) is 48.5 Å². The molecule has 0 atom stereocenters. The summed E-state index contributed by atoms with van der Waals surface area (Å²) in [6.07, 6.45) is 4.48. The standard InChI is InChI=1S/C24H27N3O4/c1-2-29-19-13-11-18(12-14-19)24-25-23(26-31-24)20-9-5-6-10-21(20)30-17-22(28)27-15-7-3-4-8-16-27/h5-6,9-14H,2-4,7-8,15-17H2,1H3. The Bertz CT molecular complexity index is 992. The highest BCUT2D eigenvalue weighted by Crippen LogP contribution is 2.30. The van der Waals surface area contributed by atoms with E-state index in [2.05, 4.69) is 10.1 Å². The molecule has 0 radical (unpaired) electrons. The van der Waals surface area contributed by atoms with Crippen molar-refractivity contribution in [2.75, 3.05) is 26.3 Å². The fourth-order valence-electron chi connectivity index (χ4n) is 3.64. The molecule has 3 aromatic rings. The summed E-state index contributed by atoms with van der Waals surface area (Å²) in [6.45, 7) is 4.17. The fraction of sp³-hybridized carbons (Fsp3) is 0.375. The highest BCUT2D eigenvalue weighted by molar-refractivity contribution is 5.78. The first-order valence-electron chi connectivity index (χ1n) is 10.8. The van der Waals surface area contributed by atoms with Crippen molar-refractivity contribution in [3.8, 4) is 34.3 Å². The lowest BCUT2D eigenvalue weighted by Gasteiger charge is -2.20. The van der Waals surface area contributed by atoms with Gasteiger partial charge in [0.1, 0.15) is 11.5 Å². The molecule has 0 N–H and O–H groups in total. The van der Waals surface area contributed by atoms with Gasteiger partial charge in [-0.2, -0.15) is 4.98 Å². The minimum Gasteiger partial charge on any atom is -0.494 e. The van der Waals surface area contributed by atoms with Crippen LogP contribution in [0.1, 0.15) is 32.6 Å². The third-order valence-corrected chi connectivity index (χ3v) is 5.28. The molecular formula is C24H27N3O4. The maximum absolute atomic E-state index is 12.6. The number of carbonyl (C=O) groups excluding carboxylic acids is 1. The van der Waals surface area contributed by atoms with Gasteiger partial charge < -0.3 is 18.9 Å². The number of aromatic nitrogens is 2. The van der Waals surface area contributed by atoms with Crippen LogP contribution in [0.15, 0.2) is 53.1 Å². The van der Waals surface area contributed by atoms with E-state index in [1.807, 2.05) is 60.4 Å². The van der Waals surface area contributed by atoms with Gasteiger partial charge in [0.15, 0.2) is 6.61 Å². The molecule has 1 aliphatic rings. The fourth-order valence-corrected chi connectivity index (χ4v) is 3.64. The SMILES string of the molecule is CCOc1ccc(-c2nc(-c3ccccc3OCC(=O)N3CCCCCC3)no2)cc1. The number of rotatable bonds is 7. The van der Waals surface area contributed by atoms with Gasteiger partial charge in [-0.1, -0.05) is 30.1 Å². The van der Waals surface area contributed by atoms with E-state index in [1.54, 1.807) is 0 Å². The Hall–Kier alpha value is -3.35. The smallest absolute Gasteiger partial charge is 0.260 e. The van der Waals surface area contributed by atoms with Gasteiger partial charge in [-0.25, -0.2) is 0 Å². The number of benzene rings is 2. The average molecular weight is 421 g/mol. The van der Waals surface area contributed by atoms with E-state index in [4.69, 9.17) is 14.0 Å². The van der Waals surface area contributed by atoms with Gasteiger partial charge in [-0.05, 0) is 56.2 Å². The summed E-state index contributed by atoms with van der Waals surface area (Å²) in [6, 6.07) is 14.9. The largest absolute Gasteiger partial charge is 0.494 e. The number of likely N-dealkylation sites (tertiary alicyclic amines) is 1. The molecule has 0 aliphatic carbocycles. The lowest BCUT2D eigenvalue weighted by molar-refractivity contribution is -0.133. The highest BCUT2D eigenvalue weighted by Gasteiger charge is 2.18. The normalized spacial score (nSPS) is 14.2. The highest BCUT2D eigenvalue weighted by atomic mass is 16.5. The van der Waals surface area contributed by atoms with E-state index in [0.717, 1.165) is 37.2 Å². The van der Waals surface area contributed by atoms with Crippen LogP contribution in [0, 0.1) is 0 Å². The van der Waals surface area contributed by atoms with Crippen LogP contribution < -0.4 is 9.47 Å². The number of hydrogen-bond donors (Lipinski definition) is 0. The van der Waals surface area contributed by atoms with Crippen LogP contribution >= 0.6 is 0 Å². The molecule has 1 aromatic heterocycles. The zero-order chi connectivity index (χ0) is 21.5. The van der Waals surface area contributed by atoms with Crippen molar-refractivity contribution in [2.24, 2.45) is 0 Å². The molecule has 162 valence electrons. The minimum atomic E-state index is 0.000608. The summed E-state index contributed by atoms with van der Waals surface area (Å²) >= 11 is 0. The van der Waals surface area contributed by atoms with E-state index in [0.29, 0.717) is 29.6 Å². The lowest BCUT2D eigenvalue weighted by atomic mass is 10.2.